The van der Waals surface area contributed by atoms with Crippen molar-refractivity contribution in [3.05, 3.63) is 23.3 Å². The molecule has 1 aromatic carbocycles. The molecule has 7 heteroatoms. The van der Waals surface area contributed by atoms with Crippen molar-refractivity contribution >= 4 is 29.2 Å². The Morgan fingerprint density at radius 3 is 2.37 bits per heavy atom. The van der Waals surface area contributed by atoms with Crippen LogP contribution in [0.1, 0.15) is 18.1 Å². The molecular weight excluding hydrogens is 244 g/mol. The van der Waals surface area contributed by atoms with Crippen LogP contribution < -0.4 is 22.5 Å². The minimum Gasteiger partial charge on any atom is -0.370 e. The van der Waals surface area contributed by atoms with Gasteiger partial charge in [-0.2, -0.15) is 4.99 Å². The molecule has 0 aliphatic heterocycles. The van der Waals surface area contributed by atoms with E-state index < -0.39 is 0 Å². The summed E-state index contributed by atoms with van der Waals surface area (Å²) in [6.45, 7) is 5.17. The van der Waals surface area contributed by atoms with E-state index in [0.29, 0.717) is 11.4 Å². The smallest absolute Gasteiger partial charge is 0.223 e. The van der Waals surface area contributed by atoms with Gasteiger partial charge in [-0.3, -0.25) is 4.79 Å². The number of rotatable bonds is 2. The lowest BCUT2D eigenvalue weighted by Gasteiger charge is -2.12. The number of nitrogens with two attached hydrogens (primary N) is 3. The van der Waals surface area contributed by atoms with Crippen molar-refractivity contribution in [3.63, 3.8) is 0 Å². The molecule has 0 saturated carbocycles. The first-order chi connectivity index (χ1) is 8.81. The van der Waals surface area contributed by atoms with Crippen LogP contribution in [0.2, 0.25) is 0 Å². The predicted octanol–water partition coefficient (Wildman–Crippen LogP) is 0.481. The highest BCUT2D eigenvalue weighted by molar-refractivity contribution is 5.95. The number of benzene rings is 1. The molecule has 0 spiro atoms. The normalized spacial score (nSPS) is 11.0. The molecular formula is C12H18N6O. The van der Waals surface area contributed by atoms with Crippen molar-refractivity contribution in [2.24, 2.45) is 27.2 Å². The van der Waals surface area contributed by atoms with E-state index in [4.69, 9.17) is 17.2 Å². The molecule has 0 bridgehead atoms. The zero-order chi connectivity index (χ0) is 14.6. The second-order valence-electron chi connectivity index (χ2n) is 4.09. The third kappa shape index (κ3) is 3.98. The minimum atomic E-state index is -0.159. The molecule has 1 amide bonds. The molecule has 7 nitrogen and oxygen atoms in total. The van der Waals surface area contributed by atoms with E-state index in [1.807, 2.05) is 19.9 Å². The van der Waals surface area contributed by atoms with Crippen LogP contribution in [0.3, 0.4) is 0 Å². The SMILES string of the molecule is CC(=O)Nc1c(C)ccc(N=C(N)N=C(N)N)c1C. The molecule has 19 heavy (non-hydrogen) atoms. The molecule has 0 fully saturated rings. The van der Waals surface area contributed by atoms with Crippen LogP contribution in [0.15, 0.2) is 22.1 Å². The Morgan fingerprint density at radius 2 is 1.84 bits per heavy atom. The third-order valence-electron chi connectivity index (χ3n) is 2.42. The lowest BCUT2D eigenvalue weighted by atomic mass is 10.1. The largest absolute Gasteiger partial charge is 0.370 e. The van der Waals surface area contributed by atoms with Crippen LogP contribution in [0, 0.1) is 13.8 Å². The summed E-state index contributed by atoms with van der Waals surface area (Å²) in [5.74, 6) is -0.349. The van der Waals surface area contributed by atoms with Gasteiger partial charge in [0.1, 0.15) is 0 Å². The van der Waals surface area contributed by atoms with Gasteiger partial charge in [0.15, 0.2) is 5.96 Å². The van der Waals surface area contributed by atoms with Crippen molar-refractivity contribution < 1.29 is 4.79 Å². The number of nitrogens with zero attached hydrogens (tertiary/aromatic N) is 2. The minimum absolute atomic E-state index is 0.0410. The predicted molar refractivity (Wildman–Crippen MR) is 77.3 cm³/mol. The van der Waals surface area contributed by atoms with Gasteiger partial charge in [0.05, 0.1) is 5.69 Å². The molecule has 0 aromatic heterocycles. The van der Waals surface area contributed by atoms with E-state index in [2.05, 4.69) is 15.3 Å². The summed E-state index contributed by atoms with van der Waals surface area (Å²) in [7, 11) is 0. The number of aliphatic imine (C=N–C) groups is 2. The van der Waals surface area contributed by atoms with Crippen LogP contribution in [0.5, 0.6) is 0 Å². The van der Waals surface area contributed by atoms with E-state index >= 15 is 0 Å². The number of carbonyl (C=O) groups is 1. The van der Waals surface area contributed by atoms with Crippen LogP contribution in [0.25, 0.3) is 0 Å². The highest BCUT2D eigenvalue weighted by Crippen LogP contribution is 2.29. The number of carbonyl (C=O) groups excluding carboxylic acids is 1. The second kappa shape index (κ2) is 5.85. The average Bonchev–Trinajstić information content (AvgIpc) is 2.27. The Labute approximate surface area is 111 Å². The number of guanidine groups is 2. The van der Waals surface area contributed by atoms with E-state index in [0.717, 1.165) is 11.1 Å². The topological polar surface area (TPSA) is 132 Å². The van der Waals surface area contributed by atoms with Gasteiger partial charge in [0.25, 0.3) is 0 Å². The Hall–Kier alpha value is -2.57. The summed E-state index contributed by atoms with van der Waals surface area (Å²) >= 11 is 0. The maximum atomic E-state index is 11.2. The Morgan fingerprint density at radius 1 is 1.21 bits per heavy atom. The highest BCUT2D eigenvalue weighted by atomic mass is 16.1. The summed E-state index contributed by atoms with van der Waals surface area (Å²) in [6.07, 6.45) is 0. The van der Waals surface area contributed by atoms with Crippen molar-refractivity contribution in [2.45, 2.75) is 20.8 Å². The molecule has 102 valence electrons. The molecule has 0 radical (unpaired) electrons. The molecule has 0 saturated heterocycles. The third-order valence-corrected chi connectivity index (χ3v) is 2.42. The first-order valence-electron chi connectivity index (χ1n) is 5.63. The lowest BCUT2D eigenvalue weighted by Crippen LogP contribution is -2.26. The van der Waals surface area contributed by atoms with Gasteiger partial charge in [-0.05, 0) is 31.0 Å². The van der Waals surface area contributed by atoms with Crippen LogP contribution in [-0.4, -0.2) is 17.8 Å². The lowest BCUT2D eigenvalue weighted by molar-refractivity contribution is -0.114. The summed E-state index contributed by atoms with van der Waals surface area (Å²) in [6, 6.07) is 3.62. The van der Waals surface area contributed by atoms with Crippen LogP contribution >= 0.6 is 0 Å². The van der Waals surface area contributed by atoms with Gasteiger partial charge in [-0.1, -0.05) is 6.07 Å². The Balaban J connectivity index is 3.24. The van der Waals surface area contributed by atoms with Gasteiger partial charge in [0, 0.05) is 12.6 Å². The van der Waals surface area contributed by atoms with E-state index in [9.17, 15) is 4.79 Å². The quantitative estimate of drug-likeness (QED) is 0.456. The summed E-state index contributed by atoms with van der Waals surface area (Å²) in [5.41, 5.74) is 19.1. The first-order valence-corrected chi connectivity index (χ1v) is 5.63. The zero-order valence-corrected chi connectivity index (χ0v) is 11.2. The second-order valence-corrected chi connectivity index (χ2v) is 4.09. The number of anilines is 1. The Kier molecular flexibility index (Phi) is 4.46. The van der Waals surface area contributed by atoms with Gasteiger partial charge in [0.2, 0.25) is 11.9 Å². The molecule has 7 N–H and O–H groups in total. The van der Waals surface area contributed by atoms with E-state index in [1.165, 1.54) is 6.92 Å². The standard InChI is InChI=1S/C12H18N6O/c1-6-4-5-9(17-12(15)18-11(13)14)7(2)10(6)16-8(3)19/h4-5H,1-3H3,(H,16,19)(H6,13,14,15,17,18). The van der Waals surface area contributed by atoms with Crippen molar-refractivity contribution in [1.29, 1.82) is 0 Å². The molecule has 1 rings (SSSR count). The zero-order valence-electron chi connectivity index (χ0n) is 11.2. The van der Waals surface area contributed by atoms with E-state index in [-0.39, 0.29) is 17.8 Å². The fraction of sp³-hybridized carbons (Fsp3) is 0.250. The fourth-order valence-corrected chi connectivity index (χ4v) is 1.61. The fourth-order valence-electron chi connectivity index (χ4n) is 1.61. The summed E-state index contributed by atoms with van der Waals surface area (Å²) in [5, 5.41) is 2.76. The monoisotopic (exact) mass is 262 g/mol. The summed E-state index contributed by atoms with van der Waals surface area (Å²) in [4.78, 5) is 18.9. The molecule has 0 aliphatic carbocycles. The highest BCUT2D eigenvalue weighted by Gasteiger charge is 2.08. The number of hydrogen-bond donors (Lipinski definition) is 4. The van der Waals surface area contributed by atoms with Gasteiger partial charge < -0.3 is 22.5 Å². The van der Waals surface area contributed by atoms with Crippen molar-refractivity contribution in [3.8, 4) is 0 Å². The molecule has 1 aromatic rings. The van der Waals surface area contributed by atoms with Crippen LogP contribution in [0.4, 0.5) is 11.4 Å². The number of amides is 1. The molecule has 0 heterocycles. The number of aryl methyl sites for hydroxylation is 1. The van der Waals surface area contributed by atoms with Crippen LogP contribution in [-0.2, 0) is 4.79 Å². The van der Waals surface area contributed by atoms with Crippen molar-refractivity contribution in [2.75, 3.05) is 5.32 Å². The maximum Gasteiger partial charge on any atom is 0.223 e. The van der Waals surface area contributed by atoms with Gasteiger partial charge in [-0.15, -0.1) is 0 Å². The van der Waals surface area contributed by atoms with Gasteiger partial charge >= 0.3 is 0 Å². The van der Waals surface area contributed by atoms with E-state index in [1.54, 1.807) is 6.07 Å². The van der Waals surface area contributed by atoms with Gasteiger partial charge in [-0.25, -0.2) is 4.99 Å². The molecule has 0 atom stereocenters. The number of nitrogens with one attached hydrogen (secondary N) is 1. The maximum absolute atomic E-state index is 11.2. The average molecular weight is 262 g/mol. The van der Waals surface area contributed by atoms with Crippen molar-refractivity contribution in [1.82, 2.24) is 0 Å². The molecule has 0 aliphatic rings. The number of hydrogen-bond acceptors (Lipinski definition) is 2. The summed E-state index contributed by atoms with van der Waals surface area (Å²) < 4.78 is 0. The molecule has 0 unspecified atom stereocenters. The Bertz CT molecular complexity index is 558. The first kappa shape index (κ1) is 14.5.